The Labute approximate surface area is 147 Å². The molecule has 0 fully saturated rings. The second-order valence-corrected chi connectivity index (χ2v) is 6.72. The van der Waals surface area contributed by atoms with Gasteiger partial charge < -0.3 is 15.4 Å². The minimum Gasteiger partial charge on any atom is -0.475 e. The molecule has 0 saturated heterocycles. The number of aromatic nitrogens is 2. The number of aryl methyl sites for hydroxylation is 1. The van der Waals surface area contributed by atoms with Crippen LogP contribution in [-0.2, 0) is 19.5 Å². The molecular weight excluding hydrogens is 322 g/mol. The molecule has 2 rings (SSSR count). The van der Waals surface area contributed by atoms with Crippen LogP contribution in [0.3, 0.4) is 0 Å². The van der Waals surface area contributed by atoms with Gasteiger partial charge in [-0.25, -0.2) is 9.97 Å². The minimum atomic E-state index is 0.128. The highest BCUT2D eigenvalue weighted by atomic mass is 32.1. The van der Waals surface area contributed by atoms with Crippen molar-refractivity contribution >= 4 is 17.3 Å². The van der Waals surface area contributed by atoms with Crippen molar-refractivity contribution in [1.29, 1.82) is 0 Å². The van der Waals surface area contributed by atoms with E-state index in [0.29, 0.717) is 19.0 Å². The summed E-state index contributed by atoms with van der Waals surface area (Å²) in [5, 5.41) is 7.61. The molecule has 0 bridgehead atoms. The van der Waals surface area contributed by atoms with Crippen LogP contribution in [0.5, 0.6) is 5.88 Å². The average molecular weight is 347 g/mol. The van der Waals surface area contributed by atoms with Crippen LogP contribution in [0.2, 0.25) is 0 Å². The van der Waals surface area contributed by atoms with E-state index >= 15 is 0 Å². The van der Waals surface area contributed by atoms with E-state index in [2.05, 4.69) is 32.5 Å². The van der Waals surface area contributed by atoms with Crippen molar-refractivity contribution in [3.05, 3.63) is 40.0 Å². The van der Waals surface area contributed by atoms with E-state index < -0.39 is 0 Å². The van der Waals surface area contributed by atoms with Gasteiger partial charge in [0.2, 0.25) is 5.88 Å². The van der Waals surface area contributed by atoms with Gasteiger partial charge >= 0.3 is 0 Å². The zero-order chi connectivity index (χ0) is 17.4. The van der Waals surface area contributed by atoms with Crippen LogP contribution in [0.1, 0.15) is 36.2 Å². The first kappa shape index (κ1) is 18.2. The Morgan fingerprint density at radius 1 is 1.21 bits per heavy atom. The van der Waals surface area contributed by atoms with Gasteiger partial charge in [0.25, 0.3) is 0 Å². The van der Waals surface area contributed by atoms with Crippen molar-refractivity contribution in [3.63, 3.8) is 0 Å². The Balaban J connectivity index is 1.80. The Morgan fingerprint density at radius 3 is 2.58 bits per heavy atom. The molecule has 0 aliphatic carbocycles. The molecule has 0 unspecified atom stereocenters. The number of thiazole rings is 1. The Bertz CT molecular complexity index is 651. The molecule has 2 aromatic heterocycles. The lowest BCUT2D eigenvalue weighted by Crippen LogP contribution is -2.36. The van der Waals surface area contributed by atoms with Crippen molar-refractivity contribution in [3.8, 4) is 5.88 Å². The smallest absolute Gasteiger partial charge is 0.213 e. The predicted octanol–water partition coefficient (Wildman–Crippen LogP) is 2.75. The molecule has 0 saturated carbocycles. The second kappa shape index (κ2) is 9.22. The van der Waals surface area contributed by atoms with Gasteiger partial charge in [0.05, 0.1) is 12.6 Å². The normalized spacial score (nSPS) is 11.6. The summed E-state index contributed by atoms with van der Waals surface area (Å²) in [5.41, 5.74) is 1.07. The molecule has 0 amide bonds. The van der Waals surface area contributed by atoms with Gasteiger partial charge in [-0.2, -0.15) is 0 Å². The summed E-state index contributed by atoms with van der Waals surface area (Å²) in [4.78, 5) is 14.2. The third-order valence-electron chi connectivity index (χ3n) is 3.19. The van der Waals surface area contributed by atoms with Crippen LogP contribution in [0.15, 0.2) is 29.5 Å². The third kappa shape index (κ3) is 5.81. The molecule has 2 N–H and O–H groups in total. The fraction of sp³-hybridized carbons (Fsp3) is 0.471. The van der Waals surface area contributed by atoms with Crippen LogP contribution in [-0.4, -0.2) is 29.1 Å². The highest BCUT2D eigenvalue weighted by Crippen LogP contribution is 2.13. The molecule has 24 heavy (non-hydrogen) atoms. The number of nitrogens with one attached hydrogen (secondary N) is 2. The average Bonchev–Trinajstić information content (AvgIpc) is 3.04. The van der Waals surface area contributed by atoms with Crippen LogP contribution in [0, 0.1) is 0 Å². The lowest BCUT2D eigenvalue weighted by atomic mass is 10.3. The fourth-order valence-corrected chi connectivity index (χ4v) is 2.79. The third-order valence-corrected chi connectivity index (χ3v) is 4.34. The van der Waals surface area contributed by atoms with E-state index in [0.717, 1.165) is 23.0 Å². The standard InChI is InChI=1S/C17H25N5OS/c1-5-14-10-20-16(24-14)11-22-17(18-4)21-9-13-6-7-15(19-8-13)23-12(2)3/h6-8,10,12H,5,9,11H2,1-4H3,(H2,18,21,22). The van der Waals surface area contributed by atoms with Crippen molar-refractivity contribution in [2.24, 2.45) is 4.99 Å². The van der Waals surface area contributed by atoms with Gasteiger partial charge in [-0.1, -0.05) is 13.0 Å². The number of nitrogens with zero attached hydrogens (tertiary/aromatic N) is 3. The van der Waals surface area contributed by atoms with E-state index in [9.17, 15) is 0 Å². The lowest BCUT2D eigenvalue weighted by molar-refractivity contribution is 0.232. The summed E-state index contributed by atoms with van der Waals surface area (Å²) in [5.74, 6) is 1.39. The van der Waals surface area contributed by atoms with Gasteiger partial charge in [0.15, 0.2) is 5.96 Å². The molecule has 0 aliphatic rings. The first-order chi connectivity index (χ1) is 11.6. The molecule has 0 spiro atoms. The monoisotopic (exact) mass is 347 g/mol. The van der Waals surface area contributed by atoms with E-state index in [1.807, 2.05) is 38.4 Å². The van der Waals surface area contributed by atoms with Crippen LogP contribution < -0.4 is 15.4 Å². The first-order valence-electron chi connectivity index (χ1n) is 8.10. The van der Waals surface area contributed by atoms with Crippen LogP contribution in [0.4, 0.5) is 0 Å². The molecule has 0 radical (unpaired) electrons. The second-order valence-electron chi connectivity index (χ2n) is 5.52. The summed E-state index contributed by atoms with van der Waals surface area (Å²) < 4.78 is 5.54. The van der Waals surface area contributed by atoms with E-state index in [-0.39, 0.29) is 6.10 Å². The topological polar surface area (TPSA) is 71.4 Å². The predicted molar refractivity (Wildman–Crippen MR) is 98.5 cm³/mol. The summed E-state index contributed by atoms with van der Waals surface area (Å²) in [6.45, 7) is 7.42. The van der Waals surface area contributed by atoms with Gasteiger partial charge in [-0.3, -0.25) is 4.99 Å². The van der Waals surface area contributed by atoms with Crippen LogP contribution >= 0.6 is 11.3 Å². The molecule has 0 atom stereocenters. The Kier molecular flexibility index (Phi) is 6.99. The SMILES string of the molecule is CCc1cnc(CNC(=NC)NCc2ccc(OC(C)C)nc2)s1. The first-order valence-corrected chi connectivity index (χ1v) is 8.92. The van der Waals surface area contributed by atoms with Gasteiger partial charge in [-0.15, -0.1) is 11.3 Å². The Hall–Kier alpha value is -2.15. The minimum absolute atomic E-state index is 0.128. The van der Waals surface area contributed by atoms with Crippen molar-refractivity contribution in [2.45, 2.75) is 46.4 Å². The van der Waals surface area contributed by atoms with Crippen molar-refractivity contribution in [1.82, 2.24) is 20.6 Å². The van der Waals surface area contributed by atoms with E-state index in [1.54, 1.807) is 18.4 Å². The maximum Gasteiger partial charge on any atom is 0.213 e. The zero-order valence-corrected chi connectivity index (χ0v) is 15.5. The summed E-state index contributed by atoms with van der Waals surface area (Å²) >= 11 is 1.73. The van der Waals surface area contributed by atoms with Crippen LogP contribution in [0.25, 0.3) is 0 Å². The summed E-state index contributed by atoms with van der Waals surface area (Å²) in [6, 6.07) is 3.88. The highest BCUT2D eigenvalue weighted by Gasteiger charge is 2.04. The molecule has 6 nitrogen and oxygen atoms in total. The Morgan fingerprint density at radius 2 is 2.00 bits per heavy atom. The van der Waals surface area contributed by atoms with E-state index in [4.69, 9.17) is 4.74 Å². The maximum atomic E-state index is 5.54. The highest BCUT2D eigenvalue weighted by molar-refractivity contribution is 7.11. The van der Waals surface area contributed by atoms with Crippen molar-refractivity contribution in [2.75, 3.05) is 7.05 Å². The van der Waals surface area contributed by atoms with Gasteiger partial charge in [-0.05, 0) is 25.8 Å². The van der Waals surface area contributed by atoms with Crippen molar-refractivity contribution < 1.29 is 4.74 Å². The van der Waals surface area contributed by atoms with E-state index in [1.165, 1.54) is 4.88 Å². The number of ether oxygens (including phenoxy) is 1. The molecule has 2 aromatic rings. The van der Waals surface area contributed by atoms with Gasteiger partial charge in [0, 0.05) is 36.9 Å². The number of aliphatic imine (C=N–C) groups is 1. The molecule has 7 heteroatoms. The molecular formula is C17H25N5OS. The number of guanidine groups is 1. The van der Waals surface area contributed by atoms with Gasteiger partial charge in [0.1, 0.15) is 5.01 Å². The maximum absolute atomic E-state index is 5.54. The number of rotatable bonds is 7. The zero-order valence-electron chi connectivity index (χ0n) is 14.7. The summed E-state index contributed by atoms with van der Waals surface area (Å²) in [7, 11) is 1.76. The number of pyridine rings is 1. The number of hydrogen-bond donors (Lipinski definition) is 2. The lowest BCUT2D eigenvalue weighted by Gasteiger charge is -2.12. The molecule has 0 aliphatic heterocycles. The number of hydrogen-bond acceptors (Lipinski definition) is 5. The largest absolute Gasteiger partial charge is 0.475 e. The molecule has 0 aromatic carbocycles. The fourth-order valence-electron chi connectivity index (χ4n) is 1.99. The molecule has 2 heterocycles. The quantitative estimate of drug-likeness (QED) is 0.595. The molecule has 130 valence electrons. The summed E-state index contributed by atoms with van der Waals surface area (Å²) in [6.07, 6.45) is 4.90.